The van der Waals surface area contributed by atoms with E-state index in [2.05, 4.69) is 6.07 Å². The fourth-order valence-corrected chi connectivity index (χ4v) is 2.86. The van der Waals surface area contributed by atoms with Crippen molar-refractivity contribution in [2.45, 2.75) is 38.5 Å². The average Bonchev–Trinajstić information content (AvgIpc) is 3.00. The third kappa shape index (κ3) is 1.79. The summed E-state index contributed by atoms with van der Waals surface area (Å²) in [5.74, 6) is 1.45. The Balaban J connectivity index is 1.82. The van der Waals surface area contributed by atoms with Gasteiger partial charge in [0.15, 0.2) is 0 Å². The molecule has 2 nitrogen and oxygen atoms in total. The van der Waals surface area contributed by atoms with Gasteiger partial charge in [0.2, 0.25) is 0 Å². The number of hydrogen-bond donors (Lipinski definition) is 0. The molecule has 2 aliphatic carbocycles. The van der Waals surface area contributed by atoms with Crippen LogP contribution in [0.1, 0.15) is 38.5 Å². The molecule has 0 aromatic rings. The summed E-state index contributed by atoms with van der Waals surface area (Å²) in [6.07, 6.45) is 7.35. The zero-order chi connectivity index (χ0) is 10.0. The molecule has 2 saturated carbocycles. The average molecular weight is 193 g/mol. The van der Waals surface area contributed by atoms with Crippen LogP contribution in [0.2, 0.25) is 0 Å². The molecule has 0 spiro atoms. The van der Waals surface area contributed by atoms with E-state index in [1.807, 2.05) is 0 Å². The van der Waals surface area contributed by atoms with E-state index in [9.17, 15) is 0 Å². The lowest BCUT2D eigenvalue weighted by Crippen LogP contribution is -2.23. The molecular weight excluding hydrogens is 174 g/mol. The van der Waals surface area contributed by atoms with Gasteiger partial charge in [0, 0.05) is 13.7 Å². The van der Waals surface area contributed by atoms with Crippen molar-refractivity contribution in [1.82, 2.24) is 0 Å². The fourth-order valence-electron chi connectivity index (χ4n) is 2.86. The zero-order valence-corrected chi connectivity index (χ0v) is 8.96. The lowest BCUT2D eigenvalue weighted by molar-refractivity contribution is 0.109. The smallest absolute Gasteiger partial charge is 0.0692 e. The summed E-state index contributed by atoms with van der Waals surface area (Å²) >= 11 is 0. The molecule has 0 amide bonds. The number of ether oxygens (including phenoxy) is 1. The van der Waals surface area contributed by atoms with Crippen molar-refractivity contribution in [3.05, 3.63) is 0 Å². The van der Waals surface area contributed by atoms with Crippen molar-refractivity contribution >= 4 is 0 Å². The molecule has 0 N–H and O–H groups in total. The molecule has 78 valence electrons. The summed E-state index contributed by atoms with van der Waals surface area (Å²) in [6, 6.07) is 2.54. The minimum atomic E-state index is 0.109. The molecule has 0 unspecified atom stereocenters. The Kier molecular flexibility index (Phi) is 2.78. The normalized spacial score (nSPS) is 34.9. The topological polar surface area (TPSA) is 33.0 Å². The SMILES string of the molecule is COCC1CCC(C2(C#N)CC2)CC1. The number of nitrogens with zero attached hydrogens (tertiary/aromatic N) is 1. The van der Waals surface area contributed by atoms with Gasteiger partial charge in [0.05, 0.1) is 11.5 Å². The van der Waals surface area contributed by atoms with Crippen LogP contribution in [0, 0.1) is 28.6 Å². The van der Waals surface area contributed by atoms with Crippen LogP contribution in [0.4, 0.5) is 0 Å². The molecule has 2 aliphatic rings. The largest absolute Gasteiger partial charge is 0.384 e. The second kappa shape index (κ2) is 3.90. The number of rotatable bonds is 3. The van der Waals surface area contributed by atoms with E-state index in [1.165, 1.54) is 25.7 Å². The van der Waals surface area contributed by atoms with Crippen molar-refractivity contribution in [3.8, 4) is 6.07 Å². The molecule has 0 aromatic carbocycles. The standard InChI is InChI=1S/C12H19NO/c1-14-8-10-2-4-11(5-3-10)12(9-13)6-7-12/h10-11H,2-8H2,1H3. The van der Waals surface area contributed by atoms with E-state index in [0.717, 1.165) is 25.4 Å². The van der Waals surface area contributed by atoms with E-state index in [1.54, 1.807) is 7.11 Å². The van der Waals surface area contributed by atoms with Gasteiger partial charge in [-0.2, -0.15) is 5.26 Å². The van der Waals surface area contributed by atoms with Crippen molar-refractivity contribution in [3.63, 3.8) is 0 Å². The Morgan fingerprint density at radius 3 is 2.36 bits per heavy atom. The van der Waals surface area contributed by atoms with E-state index in [-0.39, 0.29) is 5.41 Å². The van der Waals surface area contributed by atoms with Crippen molar-refractivity contribution < 1.29 is 4.74 Å². The van der Waals surface area contributed by atoms with Gasteiger partial charge in [-0.25, -0.2) is 0 Å². The van der Waals surface area contributed by atoms with Crippen LogP contribution in [-0.2, 0) is 4.74 Å². The first-order valence-corrected chi connectivity index (χ1v) is 5.71. The van der Waals surface area contributed by atoms with Gasteiger partial charge in [-0.3, -0.25) is 0 Å². The predicted octanol–water partition coefficient (Wildman–Crippen LogP) is 2.74. The number of methoxy groups -OCH3 is 1. The minimum Gasteiger partial charge on any atom is -0.384 e. The molecule has 2 rings (SSSR count). The van der Waals surface area contributed by atoms with Crippen LogP contribution in [0.15, 0.2) is 0 Å². The maximum Gasteiger partial charge on any atom is 0.0692 e. The zero-order valence-electron chi connectivity index (χ0n) is 8.96. The second-order valence-corrected chi connectivity index (χ2v) is 4.94. The summed E-state index contributed by atoms with van der Waals surface area (Å²) in [4.78, 5) is 0. The Labute approximate surface area is 86.2 Å². The van der Waals surface area contributed by atoms with E-state index >= 15 is 0 Å². The van der Waals surface area contributed by atoms with Gasteiger partial charge in [-0.1, -0.05) is 0 Å². The highest BCUT2D eigenvalue weighted by Crippen LogP contribution is 2.56. The van der Waals surface area contributed by atoms with Crippen LogP contribution in [0.25, 0.3) is 0 Å². The highest BCUT2D eigenvalue weighted by Gasteiger charge is 2.50. The van der Waals surface area contributed by atoms with Gasteiger partial charge in [0.1, 0.15) is 0 Å². The Hall–Kier alpha value is -0.550. The summed E-state index contributed by atoms with van der Waals surface area (Å²) < 4.78 is 5.18. The van der Waals surface area contributed by atoms with Gasteiger partial charge < -0.3 is 4.74 Å². The predicted molar refractivity (Wildman–Crippen MR) is 54.6 cm³/mol. The first-order valence-electron chi connectivity index (χ1n) is 5.71. The maximum atomic E-state index is 9.10. The van der Waals surface area contributed by atoms with Crippen LogP contribution >= 0.6 is 0 Å². The third-order valence-corrected chi connectivity index (χ3v) is 4.04. The van der Waals surface area contributed by atoms with Crippen LogP contribution in [0.3, 0.4) is 0 Å². The number of nitriles is 1. The second-order valence-electron chi connectivity index (χ2n) is 4.94. The quantitative estimate of drug-likeness (QED) is 0.690. The lowest BCUT2D eigenvalue weighted by atomic mass is 9.75. The molecule has 0 radical (unpaired) electrons. The van der Waals surface area contributed by atoms with Gasteiger partial charge in [0.25, 0.3) is 0 Å². The monoisotopic (exact) mass is 193 g/mol. The fraction of sp³-hybridized carbons (Fsp3) is 0.917. The highest BCUT2D eigenvalue weighted by molar-refractivity contribution is 5.13. The van der Waals surface area contributed by atoms with E-state index < -0.39 is 0 Å². The highest BCUT2D eigenvalue weighted by atomic mass is 16.5. The summed E-state index contributed by atoms with van der Waals surface area (Å²) in [7, 11) is 1.78. The maximum absolute atomic E-state index is 9.10. The molecule has 0 aromatic heterocycles. The molecule has 0 bridgehead atoms. The summed E-state index contributed by atoms with van der Waals surface area (Å²) in [5.41, 5.74) is 0.109. The molecule has 0 atom stereocenters. The molecule has 2 fully saturated rings. The van der Waals surface area contributed by atoms with E-state index in [0.29, 0.717) is 5.92 Å². The van der Waals surface area contributed by atoms with E-state index in [4.69, 9.17) is 10.00 Å². The molecular formula is C12H19NO. The summed E-state index contributed by atoms with van der Waals surface area (Å²) in [5, 5.41) is 9.10. The lowest BCUT2D eigenvalue weighted by Gasteiger charge is -2.30. The molecule has 0 heterocycles. The Morgan fingerprint density at radius 2 is 1.93 bits per heavy atom. The minimum absolute atomic E-state index is 0.109. The van der Waals surface area contributed by atoms with Gasteiger partial charge >= 0.3 is 0 Å². The molecule has 0 saturated heterocycles. The Bertz CT molecular complexity index is 231. The first kappa shape index (κ1) is 9.98. The summed E-state index contributed by atoms with van der Waals surface area (Å²) in [6.45, 7) is 0.909. The van der Waals surface area contributed by atoms with Crippen molar-refractivity contribution in [1.29, 1.82) is 5.26 Å². The van der Waals surface area contributed by atoms with Crippen molar-refractivity contribution in [2.75, 3.05) is 13.7 Å². The van der Waals surface area contributed by atoms with Crippen LogP contribution in [0.5, 0.6) is 0 Å². The number of hydrogen-bond acceptors (Lipinski definition) is 2. The Morgan fingerprint density at radius 1 is 1.29 bits per heavy atom. The van der Waals surface area contributed by atoms with Crippen LogP contribution in [-0.4, -0.2) is 13.7 Å². The molecule has 14 heavy (non-hydrogen) atoms. The van der Waals surface area contributed by atoms with Crippen molar-refractivity contribution in [2.24, 2.45) is 17.3 Å². The van der Waals surface area contributed by atoms with Crippen LogP contribution < -0.4 is 0 Å². The van der Waals surface area contributed by atoms with Gasteiger partial charge in [-0.05, 0) is 50.4 Å². The molecule has 0 aliphatic heterocycles. The third-order valence-electron chi connectivity index (χ3n) is 4.04. The first-order chi connectivity index (χ1) is 6.80. The van der Waals surface area contributed by atoms with Gasteiger partial charge in [-0.15, -0.1) is 0 Å². The molecule has 2 heteroatoms.